The molecule has 2 aromatic carbocycles. The fraction of sp³-hybridized carbons (Fsp3) is 0.235. The van der Waals surface area contributed by atoms with E-state index in [9.17, 15) is 17.6 Å². The number of nitrogens with zero attached hydrogens (tertiary/aromatic N) is 1. The van der Waals surface area contributed by atoms with Gasteiger partial charge in [0.15, 0.2) is 5.78 Å². The molecular weight excluding hydrogens is 353 g/mol. The smallest absolute Gasteiger partial charge is 0.243 e. The fourth-order valence-electron chi connectivity index (χ4n) is 2.69. The fourth-order valence-corrected chi connectivity index (χ4v) is 4.31. The van der Waals surface area contributed by atoms with Crippen LogP contribution in [0.3, 0.4) is 0 Å². The predicted octanol–water partition coefficient (Wildman–Crippen LogP) is 3.56. The van der Waals surface area contributed by atoms with Gasteiger partial charge in [-0.25, -0.2) is 12.8 Å². The molecule has 126 valence electrons. The first-order valence-electron chi connectivity index (χ1n) is 7.37. The molecular formula is C17H15ClFNO3S. The van der Waals surface area contributed by atoms with E-state index in [1.54, 1.807) is 12.1 Å². The normalized spacial score (nSPS) is 15.9. The highest BCUT2D eigenvalue weighted by Crippen LogP contribution is 2.28. The van der Waals surface area contributed by atoms with Gasteiger partial charge in [-0.1, -0.05) is 29.3 Å². The molecule has 0 aliphatic carbocycles. The van der Waals surface area contributed by atoms with Gasteiger partial charge in [0.25, 0.3) is 0 Å². The number of ketones is 1. The van der Waals surface area contributed by atoms with Crippen LogP contribution in [0.25, 0.3) is 0 Å². The van der Waals surface area contributed by atoms with Gasteiger partial charge in [-0.15, -0.1) is 0 Å². The van der Waals surface area contributed by atoms with Crippen molar-refractivity contribution in [2.24, 2.45) is 0 Å². The number of benzene rings is 2. The Bertz CT molecular complexity index is 910. The lowest BCUT2D eigenvalue weighted by atomic mass is 10.0. The maximum atomic E-state index is 14.2. The monoisotopic (exact) mass is 367 g/mol. The molecule has 4 nitrogen and oxygen atoms in total. The van der Waals surface area contributed by atoms with Crippen molar-refractivity contribution in [3.8, 4) is 0 Å². The van der Waals surface area contributed by atoms with Crippen LogP contribution in [0.1, 0.15) is 27.9 Å². The predicted molar refractivity (Wildman–Crippen MR) is 89.1 cm³/mol. The SMILES string of the molecule is Cc1ccc(S(=O)(=O)N2CCC(=O)c3cc(Cl)cc(F)c3C2)cc1. The number of aryl methyl sites for hydroxylation is 1. The molecule has 0 radical (unpaired) electrons. The zero-order valence-corrected chi connectivity index (χ0v) is 14.5. The minimum absolute atomic E-state index is 0.000776. The van der Waals surface area contributed by atoms with E-state index in [1.165, 1.54) is 18.2 Å². The third-order valence-electron chi connectivity index (χ3n) is 4.04. The summed E-state index contributed by atoms with van der Waals surface area (Å²) in [6.45, 7) is 1.66. The largest absolute Gasteiger partial charge is 0.294 e. The molecule has 0 saturated heterocycles. The lowest BCUT2D eigenvalue weighted by Gasteiger charge is -2.20. The summed E-state index contributed by atoms with van der Waals surface area (Å²) < 4.78 is 41.0. The Labute approximate surface area is 144 Å². The molecule has 0 saturated carbocycles. The van der Waals surface area contributed by atoms with Crippen LogP contribution in [-0.2, 0) is 16.6 Å². The van der Waals surface area contributed by atoms with E-state index in [1.807, 2.05) is 6.92 Å². The summed E-state index contributed by atoms with van der Waals surface area (Å²) in [6.07, 6.45) is -0.0160. The van der Waals surface area contributed by atoms with Crippen molar-refractivity contribution in [3.05, 3.63) is 63.9 Å². The quantitative estimate of drug-likeness (QED) is 0.815. The van der Waals surface area contributed by atoms with Gasteiger partial charge in [0, 0.05) is 35.7 Å². The van der Waals surface area contributed by atoms with Gasteiger partial charge in [0.05, 0.1) is 4.90 Å². The average molecular weight is 368 g/mol. The van der Waals surface area contributed by atoms with Crippen LogP contribution in [0.5, 0.6) is 0 Å². The van der Waals surface area contributed by atoms with Crippen molar-refractivity contribution in [3.63, 3.8) is 0 Å². The Balaban J connectivity index is 2.04. The van der Waals surface area contributed by atoms with Crippen molar-refractivity contribution >= 4 is 27.4 Å². The van der Waals surface area contributed by atoms with Gasteiger partial charge in [-0.3, -0.25) is 4.79 Å². The maximum Gasteiger partial charge on any atom is 0.243 e. The molecule has 24 heavy (non-hydrogen) atoms. The first kappa shape index (κ1) is 17.1. The van der Waals surface area contributed by atoms with Gasteiger partial charge in [-0.2, -0.15) is 4.31 Å². The minimum atomic E-state index is -3.81. The summed E-state index contributed by atoms with van der Waals surface area (Å²) >= 11 is 5.81. The molecule has 0 unspecified atom stereocenters. The van der Waals surface area contributed by atoms with E-state index in [0.717, 1.165) is 15.9 Å². The maximum absolute atomic E-state index is 14.2. The van der Waals surface area contributed by atoms with Crippen LogP contribution in [-0.4, -0.2) is 25.1 Å². The molecule has 0 amide bonds. The van der Waals surface area contributed by atoms with Crippen molar-refractivity contribution in [2.75, 3.05) is 6.54 Å². The van der Waals surface area contributed by atoms with Crippen molar-refractivity contribution in [1.82, 2.24) is 4.31 Å². The van der Waals surface area contributed by atoms with Crippen molar-refractivity contribution in [1.29, 1.82) is 0 Å². The Kier molecular flexibility index (Phi) is 4.46. The van der Waals surface area contributed by atoms with Gasteiger partial charge in [0.2, 0.25) is 10.0 Å². The number of Topliss-reactive ketones (excluding diaryl/α,β-unsaturated/α-hetero) is 1. The topological polar surface area (TPSA) is 54.5 Å². The zero-order valence-electron chi connectivity index (χ0n) is 12.9. The molecule has 0 N–H and O–H groups in total. The first-order chi connectivity index (χ1) is 11.3. The molecule has 7 heteroatoms. The molecule has 0 fully saturated rings. The second-order valence-corrected chi connectivity index (χ2v) is 8.11. The van der Waals surface area contributed by atoms with Crippen LogP contribution >= 0.6 is 11.6 Å². The second-order valence-electron chi connectivity index (χ2n) is 5.74. The van der Waals surface area contributed by atoms with Crippen LogP contribution < -0.4 is 0 Å². The minimum Gasteiger partial charge on any atom is -0.294 e. The second kappa shape index (κ2) is 6.27. The van der Waals surface area contributed by atoms with Crippen LogP contribution in [0, 0.1) is 12.7 Å². The van der Waals surface area contributed by atoms with Crippen LogP contribution in [0.15, 0.2) is 41.3 Å². The number of carbonyl (C=O) groups is 1. The number of carbonyl (C=O) groups excluding carboxylic acids is 1. The van der Waals surface area contributed by atoms with E-state index < -0.39 is 15.8 Å². The van der Waals surface area contributed by atoms with Crippen LogP contribution in [0.2, 0.25) is 5.02 Å². The molecule has 1 heterocycles. The summed E-state index contributed by atoms with van der Waals surface area (Å²) in [5.41, 5.74) is 1.16. The van der Waals surface area contributed by atoms with Crippen LogP contribution in [0.4, 0.5) is 4.39 Å². The van der Waals surface area contributed by atoms with E-state index in [0.29, 0.717) is 0 Å². The molecule has 0 bridgehead atoms. The van der Waals surface area contributed by atoms with Crippen molar-refractivity contribution < 1.29 is 17.6 Å². The van der Waals surface area contributed by atoms with E-state index in [2.05, 4.69) is 0 Å². The molecule has 3 rings (SSSR count). The third-order valence-corrected chi connectivity index (χ3v) is 6.12. The number of fused-ring (bicyclic) bond motifs is 1. The zero-order chi connectivity index (χ0) is 17.5. The van der Waals surface area contributed by atoms with E-state index in [-0.39, 0.29) is 46.3 Å². The number of hydrogen-bond donors (Lipinski definition) is 0. The summed E-state index contributed by atoms with van der Waals surface area (Å²) in [5, 5.41) is 0.120. The number of halogens is 2. The molecule has 0 atom stereocenters. The number of rotatable bonds is 2. The lowest BCUT2D eigenvalue weighted by Crippen LogP contribution is -2.31. The first-order valence-corrected chi connectivity index (χ1v) is 9.19. The summed E-state index contributed by atoms with van der Waals surface area (Å²) in [4.78, 5) is 12.3. The van der Waals surface area contributed by atoms with Gasteiger partial charge in [-0.05, 0) is 31.2 Å². The summed E-state index contributed by atoms with van der Waals surface area (Å²) in [5.74, 6) is -0.982. The Morgan fingerprint density at radius 1 is 1.17 bits per heavy atom. The van der Waals surface area contributed by atoms with Gasteiger partial charge >= 0.3 is 0 Å². The Morgan fingerprint density at radius 3 is 2.50 bits per heavy atom. The highest BCUT2D eigenvalue weighted by molar-refractivity contribution is 7.89. The molecule has 2 aromatic rings. The lowest BCUT2D eigenvalue weighted by molar-refractivity contribution is 0.0981. The molecule has 1 aliphatic rings. The highest BCUT2D eigenvalue weighted by Gasteiger charge is 2.31. The Morgan fingerprint density at radius 2 is 1.83 bits per heavy atom. The van der Waals surface area contributed by atoms with Gasteiger partial charge in [0.1, 0.15) is 5.82 Å². The van der Waals surface area contributed by atoms with Gasteiger partial charge < -0.3 is 0 Å². The van der Waals surface area contributed by atoms with E-state index in [4.69, 9.17) is 11.6 Å². The number of sulfonamides is 1. The Hall–Kier alpha value is -1.76. The third kappa shape index (κ3) is 3.09. The van der Waals surface area contributed by atoms with E-state index >= 15 is 0 Å². The standard InChI is InChI=1S/C17H15ClFNO3S/c1-11-2-4-13(5-3-11)24(22,23)20-7-6-17(21)14-8-12(18)9-16(19)15(14)10-20/h2-5,8-9H,6-7,10H2,1H3. The molecule has 0 aromatic heterocycles. The average Bonchev–Trinajstić information content (AvgIpc) is 2.68. The summed E-state index contributed by atoms with van der Waals surface area (Å²) in [6, 6.07) is 8.90. The summed E-state index contributed by atoms with van der Waals surface area (Å²) in [7, 11) is -3.81. The molecule has 1 aliphatic heterocycles. The molecule has 0 spiro atoms. The highest BCUT2D eigenvalue weighted by atomic mass is 35.5. The number of hydrogen-bond acceptors (Lipinski definition) is 3. The van der Waals surface area contributed by atoms with Crippen molar-refractivity contribution in [2.45, 2.75) is 24.8 Å².